The predicted molar refractivity (Wildman–Crippen MR) is 132 cm³/mol. The summed E-state index contributed by atoms with van der Waals surface area (Å²) in [4.78, 5) is 20.8. The topological polar surface area (TPSA) is 71.8 Å². The molecule has 1 aliphatic rings. The van der Waals surface area contributed by atoms with Crippen molar-refractivity contribution in [3.05, 3.63) is 59.8 Å². The fourth-order valence-corrected chi connectivity index (χ4v) is 5.19. The van der Waals surface area contributed by atoms with Crippen LogP contribution in [0.25, 0.3) is 16.2 Å². The first-order valence-corrected chi connectivity index (χ1v) is 12.0. The Morgan fingerprint density at radius 3 is 2.73 bits per heavy atom. The molecule has 0 aliphatic carbocycles. The van der Waals surface area contributed by atoms with Crippen LogP contribution >= 0.6 is 11.3 Å². The summed E-state index contributed by atoms with van der Waals surface area (Å²) in [5.41, 5.74) is 5.08. The number of amides is 1. The van der Waals surface area contributed by atoms with Gasteiger partial charge in [-0.2, -0.15) is 0 Å². The van der Waals surface area contributed by atoms with E-state index in [0.717, 1.165) is 57.7 Å². The fraction of sp³-hybridized carbons (Fsp3) is 0.320. The maximum atomic E-state index is 13.0. The number of aromatic nitrogens is 3. The highest BCUT2D eigenvalue weighted by molar-refractivity contribution is 7.20. The highest BCUT2D eigenvalue weighted by Gasteiger charge is 2.28. The first-order valence-electron chi connectivity index (χ1n) is 11.1. The van der Waals surface area contributed by atoms with Crippen molar-refractivity contribution >= 4 is 33.0 Å². The van der Waals surface area contributed by atoms with E-state index < -0.39 is 0 Å². The third-order valence-corrected chi connectivity index (χ3v) is 7.10. The molecule has 0 spiro atoms. The standard InChI is InChI=1S/C25H27N5O2S/c1-16-6-11-21(17(2)13-16)26-23(31)19-5-4-12-29(14-19)25-28-30-15-22(27-24(30)33-25)18-7-9-20(32-3)10-8-18/h6-11,13,15,19H,4-5,12,14H2,1-3H3,(H,26,31)/t19-/m1/s1. The van der Waals surface area contributed by atoms with Crippen LogP contribution in [0.2, 0.25) is 0 Å². The van der Waals surface area contributed by atoms with Gasteiger partial charge in [-0.25, -0.2) is 9.50 Å². The maximum absolute atomic E-state index is 13.0. The van der Waals surface area contributed by atoms with Crippen molar-refractivity contribution in [2.24, 2.45) is 5.92 Å². The number of ether oxygens (including phenoxy) is 1. The van der Waals surface area contributed by atoms with Crippen LogP contribution < -0.4 is 15.0 Å². The molecule has 33 heavy (non-hydrogen) atoms. The Bertz CT molecular complexity index is 1260. The number of anilines is 2. The molecule has 4 aromatic rings. The lowest BCUT2D eigenvalue weighted by Crippen LogP contribution is -2.40. The number of aryl methyl sites for hydroxylation is 2. The van der Waals surface area contributed by atoms with Crippen molar-refractivity contribution in [3.8, 4) is 17.0 Å². The lowest BCUT2D eigenvalue weighted by Gasteiger charge is -2.31. The molecule has 1 atom stereocenters. The van der Waals surface area contributed by atoms with Crippen molar-refractivity contribution in [3.63, 3.8) is 0 Å². The van der Waals surface area contributed by atoms with Gasteiger partial charge in [0.05, 0.1) is 24.9 Å². The first kappa shape index (κ1) is 21.5. The zero-order valence-electron chi connectivity index (χ0n) is 19.0. The normalized spacial score (nSPS) is 16.2. The van der Waals surface area contributed by atoms with E-state index in [9.17, 15) is 4.79 Å². The molecule has 0 unspecified atom stereocenters. The predicted octanol–water partition coefficient (Wildman–Crippen LogP) is 4.94. The van der Waals surface area contributed by atoms with E-state index in [1.54, 1.807) is 18.4 Å². The van der Waals surface area contributed by atoms with E-state index in [0.29, 0.717) is 6.54 Å². The van der Waals surface area contributed by atoms with Crippen LogP contribution in [0.4, 0.5) is 10.8 Å². The number of nitrogens with one attached hydrogen (secondary N) is 1. The molecule has 7 nitrogen and oxygen atoms in total. The van der Waals surface area contributed by atoms with Gasteiger partial charge in [-0.1, -0.05) is 29.0 Å². The Morgan fingerprint density at radius 2 is 2.00 bits per heavy atom. The summed E-state index contributed by atoms with van der Waals surface area (Å²) in [7, 11) is 1.66. The summed E-state index contributed by atoms with van der Waals surface area (Å²) in [5.74, 6) is 0.835. The molecule has 1 N–H and O–H groups in total. The van der Waals surface area contributed by atoms with Crippen molar-refractivity contribution in [1.29, 1.82) is 0 Å². The minimum Gasteiger partial charge on any atom is -0.497 e. The van der Waals surface area contributed by atoms with E-state index in [1.807, 2.05) is 54.0 Å². The molecular weight excluding hydrogens is 434 g/mol. The van der Waals surface area contributed by atoms with Gasteiger partial charge in [0.2, 0.25) is 16.0 Å². The number of fused-ring (bicyclic) bond motifs is 1. The fourth-order valence-electron chi connectivity index (χ4n) is 4.27. The molecule has 3 heterocycles. The van der Waals surface area contributed by atoms with E-state index in [4.69, 9.17) is 14.8 Å². The highest BCUT2D eigenvalue weighted by Crippen LogP contribution is 2.30. The van der Waals surface area contributed by atoms with Gasteiger partial charge >= 0.3 is 0 Å². The van der Waals surface area contributed by atoms with Gasteiger partial charge in [0, 0.05) is 24.3 Å². The summed E-state index contributed by atoms with van der Waals surface area (Å²) >= 11 is 1.56. The Hall–Kier alpha value is -3.39. The molecule has 1 fully saturated rings. The number of benzene rings is 2. The van der Waals surface area contributed by atoms with Crippen LogP contribution in [0.15, 0.2) is 48.7 Å². The third-order valence-electron chi connectivity index (χ3n) is 6.12. The minimum absolute atomic E-state index is 0.0643. The van der Waals surface area contributed by atoms with Crippen molar-refractivity contribution in [2.75, 3.05) is 30.4 Å². The number of methoxy groups -OCH3 is 1. The average molecular weight is 462 g/mol. The van der Waals surface area contributed by atoms with E-state index in [2.05, 4.69) is 23.2 Å². The Labute approximate surface area is 197 Å². The number of hydrogen-bond donors (Lipinski definition) is 1. The quantitative estimate of drug-likeness (QED) is 0.456. The second-order valence-corrected chi connectivity index (χ2v) is 9.49. The molecule has 2 aromatic carbocycles. The molecule has 170 valence electrons. The summed E-state index contributed by atoms with van der Waals surface area (Å²) < 4.78 is 7.06. The second-order valence-electron chi connectivity index (χ2n) is 8.56. The van der Waals surface area contributed by atoms with Gasteiger partial charge in [-0.15, -0.1) is 5.10 Å². The SMILES string of the molecule is COc1ccc(-c2cn3nc(N4CCC[C@@H](C(=O)Nc5ccc(C)cc5C)C4)sc3n2)cc1. The number of rotatable bonds is 5. The minimum atomic E-state index is -0.0643. The third kappa shape index (κ3) is 4.43. The van der Waals surface area contributed by atoms with Crippen LogP contribution in [0.5, 0.6) is 5.75 Å². The van der Waals surface area contributed by atoms with Crippen LogP contribution in [0, 0.1) is 19.8 Å². The molecule has 0 radical (unpaired) electrons. The van der Waals surface area contributed by atoms with Crippen molar-refractivity contribution < 1.29 is 9.53 Å². The van der Waals surface area contributed by atoms with Gasteiger partial charge in [0.15, 0.2) is 0 Å². The van der Waals surface area contributed by atoms with Crippen molar-refractivity contribution in [2.45, 2.75) is 26.7 Å². The zero-order chi connectivity index (χ0) is 22.9. The van der Waals surface area contributed by atoms with Crippen LogP contribution in [0.1, 0.15) is 24.0 Å². The molecule has 8 heteroatoms. The van der Waals surface area contributed by atoms with E-state index in [-0.39, 0.29) is 11.8 Å². The largest absolute Gasteiger partial charge is 0.497 e. The van der Waals surface area contributed by atoms with Gasteiger partial charge in [0.1, 0.15) is 5.75 Å². The number of imidazole rings is 1. The molecular formula is C25H27N5O2S. The van der Waals surface area contributed by atoms with Crippen molar-refractivity contribution in [1.82, 2.24) is 14.6 Å². The van der Waals surface area contributed by atoms with E-state index >= 15 is 0 Å². The van der Waals surface area contributed by atoms with Gasteiger partial charge in [-0.05, 0) is 62.6 Å². The molecule has 1 saturated heterocycles. The number of nitrogens with zero attached hydrogens (tertiary/aromatic N) is 4. The Balaban J connectivity index is 1.29. The van der Waals surface area contributed by atoms with Gasteiger partial charge in [0.25, 0.3) is 0 Å². The molecule has 2 aromatic heterocycles. The molecule has 0 bridgehead atoms. The number of carbonyl (C=O) groups excluding carboxylic acids is 1. The Morgan fingerprint density at radius 1 is 1.18 bits per heavy atom. The van der Waals surface area contributed by atoms with Crippen LogP contribution in [0.3, 0.4) is 0 Å². The monoisotopic (exact) mass is 461 g/mol. The molecule has 1 aliphatic heterocycles. The molecule has 1 amide bonds. The van der Waals surface area contributed by atoms with Gasteiger partial charge < -0.3 is 15.0 Å². The lowest BCUT2D eigenvalue weighted by atomic mass is 9.97. The summed E-state index contributed by atoms with van der Waals surface area (Å²) in [6.07, 6.45) is 3.80. The molecule has 5 rings (SSSR count). The average Bonchev–Trinajstić information content (AvgIpc) is 3.41. The van der Waals surface area contributed by atoms with Gasteiger partial charge in [-0.3, -0.25) is 4.79 Å². The maximum Gasteiger partial charge on any atom is 0.229 e. The summed E-state index contributed by atoms with van der Waals surface area (Å²) in [5, 5.41) is 8.79. The number of hydrogen-bond acceptors (Lipinski definition) is 6. The smallest absolute Gasteiger partial charge is 0.229 e. The second kappa shape index (κ2) is 8.86. The number of carbonyl (C=O) groups is 1. The Kier molecular flexibility index (Phi) is 5.76. The van der Waals surface area contributed by atoms with Crippen LogP contribution in [-0.4, -0.2) is 40.7 Å². The highest BCUT2D eigenvalue weighted by atomic mass is 32.1. The van der Waals surface area contributed by atoms with E-state index in [1.165, 1.54) is 5.56 Å². The molecule has 0 saturated carbocycles. The van der Waals surface area contributed by atoms with Crippen LogP contribution in [-0.2, 0) is 4.79 Å². The first-order chi connectivity index (χ1) is 16.0. The summed E-state index contributed by atoms with van der Waals surface area (Å²) in [6, 6.07) is 14.0. The zero-order valence-corrected chi connectivity index (χ0v) is 19.9. The number of piperidine rings is 1. The lowest BCUT2D eigenvalue weighted by molar-refractivity contribution is -0.120. The summed E-state index contributed by atoms with van der Waals surface area (Å²) in [6.45, 7) is 5.65.